The van der Waals surface area contributed by atoms with E-state index in [1.807, 2.05) is 0 Å². The van der Waals surface area contributed by atoms with Crippen LogP contribution in [-0.2, 0) is 5.33 Å². The standard InChI is InChI=1S/C12H12BrNO/c1-8-3-4-9-6-10(7-13)12(15-2)14-11(9)5-8/h3-6H,7H2,1-2H3. The third kappa shape index (κ3) is 1.97. The van der Waals surface area contributed by atoms with Crippen LogP contribution in [0.4, 0.5) is 0 Å². The number of fused-ring (bicyclic) bond motifs is 1. The zero-order valence-corrected chi connectivity index (χ0v) is 10.3. The molecule has 0 aliphatic heterocycles. The van der Waals surface area contributed by atoms with Crippen molar-refractivity contribution in [1.82, 2.24) is 4.98 Å². The van der Waals surface area contributed by atoms with Crippen LogP contribution in [-0.4, -0.2) is 12.1 Å². The van der Waals surface area contributed by atoms with Crippen LogP contribution in [0.15, 0.2) is 24.3 Å². The van der Waals surface area contributed by atoms with Crippen LogP contribution in [0.25, 0.3) is 10.9 Å². The SMILES string of the molecule is COc1nc2cc(C)ccc2cc1CBr. The van der Waals surface area contributed by atoms with Crippen molar-refractivity contribution in [3.63, 3.8) is 0 Å². The van der Waals surface area contributed by atoms with E-state index in [0.717, 1.165) is 21.8 Å². The summed E-state index contributed by atoms with van der Waals surface area (Å²) in [7, 11) is 1.65. The zero-order valence-electron chi connectivity index (χ0n) is 8.75. The zero-order chi connectivity index (χ0) is 10.8. The van der Waals surface area contributed by atoms with Crippen molar-refractivity contribution in [3.05, 3.63) is 35.4 Å². The number of benzene rings is 1. The van der Waals surface area contributed by atoms with E-state index in [9.17, 15) is 0 Å². The van der Waals surface area contributed by atoms with Crippen LogP contribution in [0, 0.1) is 6.92 Å². The van der Waals surface area contributed by atoms with Crippen molar-refractivity contribution in [2.24, 2.45) is 0 Å². The number of halogens is 1. The summed E-state index contributed by atoms with van der Waals surface area (Å²) in [6.07, 6.45) is 0. The Bertz CT molecular complexity index is 496. The molecular weight excluding hydrogens is 254 g/mol. The normalized spacial score (nSPS) is 10.6. The highest BCUT2D eigenvalue weighted by atomic mass is 79.9. The van der Waals surface area contributed by atoms with Crippen molar-refractivity contribution < 1.29 is 4.74 Å². The predicted molar refractivity (Wildman–Crippen MR) is 65.7 cm³/mol. The van der Waals surface area contributed by atoms with Crippen LogP contribution in [0.1, 0.15) is 11.1 Å². The summed E-state index contributed by atoms with van der Waals surface area (Å²) >= 11 is 3.43. The van der Waals surface area contributed by atoms with Gasteiger partial charge in [-0.15, -0.1) is 0 Å². The highest BCUT2D eigenvalue weighted by Crippen LogP contribution is 2.24. The van der Waals surface area contributed by atoms with Crippen molar-refractivity contribution in [1.29, 1.82) is 0 Å². The molecule has 2 aromatic rings. The molecule has 0 saturated heterocycles. The second-order valence-electron chi connectivity index (χ2n) is 3.49. The van der Waals surface area contributed by atoms with Gasteiger partial charge in [0.25, 0.3) is 0 Å². The van der Waals surface area contributed by atoms with Gasteiger partial charge in [-0.05, 0) is 24.6 Å². The fourth-order valence-corrected chi connectivity index (χ4v) is 1.98. The monoisotopic (exact) mass is 265 g/mol. The maximum absolute atomic E-state index is 5.24. The molecule has 2 nitrogen and oxygen atoms in total. The summed E-state index contributed by atoms with van der Waals surface area (Å²) < 4.78 is 5.24. The molecule has 3 heteroatoms. The third-order valence-electron chi connectivity index (χ3n) is 2.35. The van der Waals surface area contributed by atoms with Gasteiger partial charge in [-0.3, -0.25) is 0 Å². The van der Waals surface area contributed by atoms with Crippen molar-refractivity contribution in [3.8, 4) is 5.88 Å². The van der Waals surface area contributed by atoms with Crippen molar-refractivity contribution in [2.75, 3.05) is 7.11 Å². The molecule has 0 aliphatic carbocycles. The number of hydrogen-bond donors (Lipinski definition) is 0. The molecule has 0 radical (unpaired) electrons. The molecule has 0 saturated carbocycles. The largest absolute Gasteiger partial charge is 0.481 e. The smallest absolute Gasteiger partial charge is 0.217 e. The number of aromatic nitrogens is 1. The lowest BCUT2D eigenvalue weighted by atomic mass is 10.1. The predicted octanol–water partition coefficient (Wildman–Crippen LogP) is 3.45. The Hall–Kier alpha value is -1.09. The molecule has 1 aromatic carbocycles. The van der Waals surface area contributed by atoms with Crippen LogP contribution < -0.4 is 4.74 Å². The molecule has 1 aromatic heterocycles. The van der Waals surface area contributed by atoms with Gasteiger partial charge in [0.15, 0.2) is 0 Å². The van der Waals surface area contributed by atoms with E-state index in [-0.39, 0.29) is 0 Å². The fourth-order valence-electron chi connectivity index (χ4n) is 1.58. The van der Waals surface area contributed by atoms with E-state index in [4.69, 9.17) is 4.74 Å². The van der Waals surface area contributed by atoms with Gasteiger partial charge in [-0.1, -0.05) is 28.1 Å². The van der Waals surface area contributed by atoms with Gasteiger partial charge >= 0.3 is 0 Å². The van der Waals surface area contributed by atoms with E-state index >= 15 is 0 Å². The second-order valence-corrected chi connectivity index (χ2v) is 4.05. The van der Waals surface area contributed by atoms with E-state index in [0.29, 0.717) is 5.88 Å². The molecule has 2 rings (SSSR count). The summed E-state index contributed by atoms with van der Waals surface area (Å²) in [6, 6.07) is 8.35. The lowest BCUT2D eigenvalue weighted by Crippen LogP contribution is -1.94. The van der Waals surface area contributed by atoms with Crippen molar-refractivity contribution in [2.45, 2.75) is 12.3 Å². The summed E-state index contributed by atoms with van der Waals surface area (Å²) in [6.45, 7) is 2.06. The lowest BCUT2D eigenvalue weighted by Gasteiger charge is -2.07. The molecule has 15 heavy (non-hydrogen) atoms. The van der Waals surface area contributed by atoms with Gasteiger partial charge in [0, 0.05) is 16.3 Å². The Morgan fingerprint density at radius 3 is 2.80 bits per heavy atom. The number of alkyl halides is 1. The molecule has 0 bridgehead atoms. The lowest BCUT2D eigenvalue weighted by molar-refractivity contribution is 0.396. The van der Waals surface area contributed by atoms with E-state index < -0.39 is 0 Å². The second kappa shape index (κ2) is 4.19. The van der Waals surface area contributed by atoms with Gasteiger partial charge in [-0.2, -0.15) is 0 Å². The number of rotatable bonds is 2. The van der Waals surface area contributed by atoms with Crippen LogP contribution in [0.3, 0.4) is 0 Å². The summed E-state index contributed by atoms with van der Waals surface area (Å²) in [5.74, 6) is 0.699. The summed E-state index contributed by atoms with van der Waals surface area (Å²) in [5.41, 5.74) is 3.27. The highest BCUT2D eigenvalue weighted by molar-refractivity contribution is 9.08. The van der Waals surface area contributed by atoms with Crippen LogP contribution >= 0.6 is 15.9 Å². The Labute approximate surface area is 97.4 Å². The van der Waals surface area contributed by atoms with E-state index in [2.05, 4.69) is 52.1 Å². The number of ether oxygens (including phenoxy) is 1. The Morgan fingerprint density at radius 1 is 1.33 bits per heavy atom. The molecule has 0 unspecified atom stereocenters. The minimum atomic E-state index is 0.699. The quantitative estimate of drug-likeness (QED) is 0.777. The number of methoxy groups -OCH3 is 1. The Morgan fingerprint density at radius 2 is 2.13 bits per heavy atom. The van der Waals surface area contributed by atoms with Crippen LogP contribution in [0.5, 0.6) is 5.88 Å². The molecule has 0 atom stereocenters. The maximum atomic E-state index is 5.24. The third-order valence-corrected chi connectivity index (χ3v) is 2.95. The molecule has 78 valence electrons. The van der Waals surface area contributed by atoms with Crippen molar-refractivity contribution >= 4 is 26.8 Å². The molecule has 0 amide bonds. The van der Waals surface area contributed by atoms with Gasteiger partial charge < -0.3 is 4.74 Å². The van der Waals surface area contributed by atoms with Gasteiger partial charge in [0.2, 0.25) is 5.88 Å². The minimum absolute atomic E-state index is 0.699. The number of nitrogens with zero attached hydrogens (tertiary/aromatic N) is 1. The first-order valence-corrected chi connectivity index (χ1v) is 5.87. The summed E-state index contributed by atoms with van der Waals surface area (Å²) in [5, 5.41) is 1.91. The first-order valence-electron chi connectivity index (χ1n) is 4.75. The van der Waals surface area contributed by atoms with E-state index in [1.54, 1.807) is 7.11 Å². The highest BCUT2D eigenvalue weighted by Gasteiger charge is 2.05. The number of pyridine rings is 1. The van der Waals surface area contributed by atoms with Gasteiger partial charge in [0.1, 0.15) is 0 Å². The van der Waals surface area contributed by atoms with Crippen LogP contribution in [0.2, 0.25) is 0 Å². The molecule has 0 fully saturated rings. The molecule has 0 N–H and O–H groups in total. The molecule has 0 spiro atoms. The molecular formula is C12H12BrNO. The average Bonchev–Trinajstić information content (AvgIpc) is 2.27. The fraction of sp³-hybridized carbons (Fsp3) is 0.250. The van der Waals surface area contributed by atoms with Gasteiger partial charge in [-0.25, -0.2) is 4.98 Å². The minimum Gasteiger partial charge on any atom is -0.481 e. The first-order chi connectivity index (χ1) is 7.24. The van der Waals surface area contributed by atoms with E-state index in [1.165, 1.54) is 5.56 Å². The first kappa shape index (κ1) is 10.4. The molecule has 1 heterocycles. The average molecular weight is 266 g/mol. The van der Waals surface area contributed by atoms with Gasteiger partial charge in [0.05, 0.1) is 12.6 Å². The summed E-state index contributed by atoms with van der Waals surface area (Å²) in [4.78, 5) is 4.47. The topological polar surface area (TPSA) is 22.1 Å². The maximum Gasteiger partial charge on any atom is 0.217 e. The number of hydrogen-bond acceptors (Lipinski definition) is 2. The molecule has 0 aliphatic rings. The Kier molecular flexibility index (Phi) is 2.91. The number of aryl methyl sites for hydroxylation is 1. The Balaban J connectivity index is 2.69.